The first kappa shape index (κ1) is 18.6. The first-order valence-corrected chi connectivity index (χ1v) is 9.49. The van der Waals surface area contributed by atoms with Crippen molar-refractivity contribution in [3.8, 4) is 0 Å². The number of pyridine rings is 1. The van der Waals surface area contributed by atoms with E-state index in [1.807, 2.05) is 71.3 Å². The third kappa shape index (κ3) is 4.40. The third-order valence-electron chi connectivity index (χ3n) is 4.73. The maximum absolute atomic E-state index is 12.3. The molecule has 0 radical (unpaired) electrons. The van der Waals surface area contributed by atoms with E-state index in [4.69, 9.17) is 0 Å². The van der Waals surface area contributed by atoms with Gasteiger partial charge in [0.25, 0.3) is 0 Å². The highest BCUT2D eigenvalue weighted by atomic mass is 16.2. The van der Waals surface area contributed by atoms with Crippen molar-refractivity contribution in [2.24, 2.45) is 0 Å². The molecule has 2 heterocycles. The molecule has 0 saturated heterocycles. The second-order valence-corrected chi connectivity index (χ2v) is 6.74. The summed E-state index contributed by atoms with van der Waals surface area (Å²) in [5.74, 6) is 0.367. The fourth-order valence-corrected chi connectivity index (χ4v) is 3.30. The molecule has 29 heavy (non-hydrogen) atoms. The normalized spacial score (nSPS) is 10.9. The highest BCUT2D eigenvalue weighted by molar-refractivity contribution is 5.91. The lowest BCUT2D eigenvalue weighted by Crippen LogP contribution is -2.38. The second kappa shape index (κ2) is 8.52. The van der Waals surface area contributed by atoms with E-state index < -0.39 is 0 Å². The molecule has 146 valence electrons. The van der Waals surface area contributed by atoms with Crippen molar-refractivity contribution in [2.45, 2.75) is 12.8 Å². The first-order chi connectivity index (χ1) is 14.2. The van der Waals surface area contributed by atoms with Crippen LogP contribution in [0.5, 0.6) is 0 Å². The van der Waals surface area contributed by atoms with Crippen molar-refractivity contribution < 1.29 is 9.59 Å². The van der Waals surface area contributed by atoms with Crippen molar-refractivity contribution in [2.75, 3.05) is 13.1 Å². The van der Waals surface area contributed by atoms with Crippen LogP contribution in [-0.2, 0) is 22.4 Å². The molecule has 0 spiro atoms. The van der Waals surface area contributed by atoms with E-state index in [1.165, 1.54) is 0 Å². The average molecular weight is 387 g/mol. The fraction of sp³-hybridized carbons (Fsp3) is 0.182. The Morgan fingerprint density at radius 1 is 0.862 bits per heavy atom. The first-order valence-electron chi connectivity index (χ1n) is 9.49. The van der Waals surface area contributed by atoms with Gasteiger partial charge in [-0.15, -0.1) is 10.2 Å². The van der Waals surface area contributed by atoms with Gasteiger partial charge in [-0.3, -0.25) is 14.0 Å². The van der Waals surface area contributed by atoms with Gasteiger partial charge in [0.2, 0.25) is 11.8 Å². The number of aromatic nitrogens is 3. The number of fused-ring (bicyclic) bond motifs is 2. The fourth-order valence-electron chi connectivity index (χ4n) is 3.30. The Hall–Kier alpha value is -3.74. The molecule has 0 aliphatic rings. The van der Waals surface area contributed by atoms with Crippen LogP contribution in [0.4, 0.5) is 0 Å². The standard InChI is InChI=1S/C22H21N5O2/c28-21(14-17-8-5-7-16-6-1-2-9-18(16)17)24-15-22(29)23-12-11-20-26-25-19-10-3-4-13-27(19)20/h1-10,13H,11-12,14-15H2,(H,23,29)(H,24,28). The number of carbonyl (C=O) groups is 2. The number of nitrogens with zero attached hydrogens (tertiary/aromatic N) is 3. The number of carbonyl (C=O) groups excluding carboxylic acids is 2. The number of hydrogen-bond acceptors (Lipinski definition) is 4. The molecule has 0 unspecified atom stereocenters. The van der Waals surface area contributed by atoms with E-state index in [-0.39, 0.29) is 24.8 Å². The summed E-state index contributed by atoms with van der Waals surface area (Å²) >= 11 is 0. The largest absolute Gasteiger partial charge is 0.354 e. The average Bonchev–Trinajstić information content (AvgIpc) is 3.16. The Bertz CT molecular complexity index is 1160. The van der Waals surface area contributed by atoms with Gasteiger partial charge in [0.15, 0.2) is 5.65 Å². The molecule has 2 N–H and O–H groups in total. The van der Waals surface area contributed by atoms with Crippen LogP contribution in [0.1, 0.15) is 11.4 Å². The second-order valence-electron chi connectivity index (χ2n) is 6.74. The minimum Gasteiger partial charge on any atom is -0.354 e. The number of amides is 2. The summed E-state index contributed by atoms with van der Waals surface area (Å²) in [7, 11) is 0. The molecule has 0 saturated carbocycles. The molecule has 2 amide bonds. The Balaban J connectivity index is 1.24. The zero-order valence-corrected chi connectivity index (χ0v) is 15.8. The zero-order valence-electron chi connectivity index (χ0n) is 15.8. The van der Waals surface area contributed by atoms with Gasteiger partial charge in [0.05, 0.1) is 13.0 Å². The summed E-state index contributed by atoms with van der Waals surface area (Å²) in [4.78, 5) is 24.3. The molecule has 4 rings (SSSR count). The van der Waals surface area contributed by atoms with Gasteiger partial charge in [0, 0.05) is 19.2 Å². The highest BCUT2D eigenvalue weighted by Crippen LogP contribution is 2.18. The topological polar surface area (TPSA) is 88.4 Å². The third-order valence-corrected chi connectivity index (χ3v) is 4.73. The predicted octanol–water partition coefficient (Wildman–Crippen LogP) is 1.90. The van der Waals surface area contributed by atoms with Gasteiger partial charge in [-0.2, -0.15) is 0 Å². The summed E-state index contributed by atoms with van der Waals surface area (Å²) < 4.78 is 1.89. The van der Waals surface area contributed by atoms with Crippen LogP contribution in [0.25, 0.3) is 16.4 Å². The minimum absolute atomic E-state index is 0.0514. The Morgan fingerprint density at radius 2 is 1.69 bits per heavy atom. The van der Waals surface area contributed by atoms with E-state index in [1.54, 1.807) is 0 Å². The van der Waals surface area contributed by atoms with Gasteiger partial charge in [-0.1, -0.05) is 48.5 Å². The maximum atomic E-state index is 12.3. The summed E-state index contributed by atoms with van der Waals surface area (Å²) in [5, 5.41) is 15.8. The monoisotopic (exact) mass is 387 g/mol. The van der Waals surface area contributed by atoms with Gasteiger partial charge < -0.3 is 10.6 Å². The molecular weight excluding hydrogens is 366 g/mol. The van der Waals surface area contributed by atoms with E-state index >= 15 is 0 Å². The van der Waals surface area contributed by atoms with Crippen LogP contribution in [0.2, 0.25) is 0 Å². The lowest BCUT2D eigenvalue weighted by Gasteiger charge is -2.08. The van der Waals surface area contributed by atoms with Crippen LogP contribution >= 0.6 is 0 Å². The summed E-state index contributed by atoms with van der Waals surface area (Å²) in [6.07, 6.45) is 2.68. The van der Waals surface area contributed by atoms with E-state index in [9.17, 15) is 9.59 Å². The van der Waals surface area contributed by atoms with E-state index in [2.05, 4.69) is 20.8 Å². The predicted molar refractivity (Wildman–Crippen MR) is 110 cm³/mol. The number of benzene rings is 2. The number of rotatable bonds is 7. The minimum atomic E-state index is -0.231. The van der Waals surface area contributed by atoms with E-state index in [0.717, 1.165) is 27.8 Å². The van der Waals surface area contributed by atoms with Crippen LogP contribution in [0.3, 0.4) is 0 Å². The number of hydrogen-bond donors (Lipinski definition) is 2. The van der Waals surface area contributed by atoms with Crippen LogP contribution in [0, 0.1) is 0 Å². The molecule has 0 bridgehead atoms. The highest BCUT2D eigenvalue weighted by Gasteiger charge is 2.09. The molecule has 2 aromatic carbocycles. The van der Waals surface area contributed by atoms with Crippen LogP contribution in [0.15, 0.2) is 66.9 Å². The van der Waals surface area contributed by atoms with Gasteiger partial charge in [0.1, 0.15) is 5.82 Å². The Kier molecular flexibility index (Phi) is 5.47. The summed E-state index contributed by atoms with van der Waals surface area (Å²) in [6.45, 7) is 0.373. The molecule has 4 aromatic rings. The van der Waals surface area contributed by atoms with E-state index in [0.29, 0.717) is 13.0 Å². The maximum Gasteiger partial charge on any atom is 0.239 e. The number of nitrogens with one attached hydrogen (secondary N) is 2. The lowest BCUT2D eigenvalue weighted by molar-refractivity contribution is -0.125. The van der Waals surface area contributed by atoms with Crippen molar-refractivity contribution >= 4 is 28.2 Å². The van der Waals surface area contributed by atoms with Crippen molar-refractivity contribution in [1.82, 2.24) is 25.2 Å². The van der Waals surface area contributed by atoms with Crippen molar-refractivity contribution in [3.63, 3.8) is 0 Å². The molecule has 0 aliphatic heterocycles. The summed E-state index contributed by atoms with van der Waals surface area (Å²) in [6, 6.07) is 19.5. The van der Waals surface area contributed by atoms with Crippen LogP contribution < -0.4 is 10.6 Å². The van der Waals surface area contributed by atoms with Gasteiger partial charge in [-0.05, 0) is 28.5 Å². The van der Waals surface area contributed by atoms with Crippen molar-refractivity contribution in [1.29, 1.82) is 0 Å². The van der Waals surface area contributed by atoms with Crippen molar-refractivity contribution in [3.05, 3.63) is 78.2 Å². The Labute approximate surface area is 167 Å². The lowest BCUT2D eigenvalue weighted by atomic mass is 10.0. The molecule has 7 heteroatoms. The molecule has 2 aromatic heterocycles. The van der Waals surface area contributed by atoms with Gasteiger partial charge >= 0.3 is 0 Å². The summed E-state index contributed by atoms with van der Waals surface area (Å²) in [5.41, 5.74) is 1.72. The molecule has 0 atom stereocenters. The molecule has 0 aliphatic carbocycles. The molecule has 0 fully saturated rings. The Morgan fingerprint density at radius 3 is 2.62 bits per heavy atom. The molecule has 7 nitrogen and oxygen atoms in total. The smallest absolute Gasteiger partial charge is 0.239 e. The zero-order chi connectivity index (χ0) is 20.1. The van der Waals surface area contributed by atoms with Gasteiger partial charge in [-0.25, -0.2) is 0 Å². The molecular formula is C22H21N5O2. The van der Waals surface area contributed by atoms with Crippen LogP contribution in [-0.4, -0.2) is 39.5 Å². The quantitative estimate of drug-likeness (QED) is 0.507. The SMILES string of the molecule is O=C(CNC(=O)Cc1cccc2ccccc12)NCCc1nnc2ccccn12.